The van der Waals surface area contributed by atoms with Crippen LogP contribution < -0.4 is 10.6 Å². The third-order valence-corrected chi connectivity index (χ3v) is 5.91. The molecule has 3 amide bonds. The van der Waals surface area contributed by atoms with E-state index in [1.54, 1.807) is 6.07 Å². The fourth-order valence-electron chi connectivity index (χ4n) is 4.25. The molecule has 2 N–H and O–H groups in total. The fourth-order valence-corrected chi connectivity index (χ4v) is 4.69. The molecule has 2 heterocycles. The van der Waals surface area contributed by atoms with Crippen molar-refractivity contribution in [3.05, 3.63) is 34.5 Å². The van der Waals surface area contributed by atoms with Crippen LogP contribution in [0.25, 0.3) is 0 Å². The van der Waals surface area contributed by atoms with E-state index in [4.69, 9.17) is 23.2 Å². The minimum atomic E-state index is -0.367. The zero-order chi connectivity index (χ0) is 19.1. The van der Waals surface area contributed by atoms with Crippen molar-refractivity contribution >= 4 is 46.7 Å². The number of pyridine rings is 1. The Morgan fingerprint density at radius 3 is 2.44 bits per heavy atom. The monoisotopic (exact) mass is 408 g/mol. The van der Waals surface area contributed by atoms with E-state index < -0.39 is 0 Å². The topological polar surface area (TPSA) is 91.4 Å². The predicted octanol–water partition coefficient (Wildman–Crippen LogP) is 1.72. The maximum atomic E-state index is 12.5. The minimum Gasteiger partial charge on any atom is -0.367 e. The van der Waals surface area contributed by atoms with Gasteiger partial charge in [0.2, 0.25) is 17.7 Å². The lowest BCUT2D eigenvalue weighted by molar-refractivity contribution is -0.144. The quantitative estimate of drug-likeness (QED) is 0.424. The van der Waals surface area contributed by atoms with Crippen LogP contribution in [-0.4, -0.2) is 47.2 Å². The number of rotatable bonds is 6. The number of fused-ring (bicyclic) bond motifs is 5. The van der Waals surface area contributed by atoms with Crippen molar-refractivity contribution in [2.45, 2.75) is 6.42 Å². The first kappa shape index (κ1) is 18.3. The molecule has 2 fully saturated rings. The maximum Gasteiger partial charge on any atom is 0.240 e. The number of imide groups is 1. The molecule has 4 rings (SSSR count). The van der Waals surface area contributed by atoms with Crippen LogP contribution in [-0.2, 0) is 14.4 Å². The Morgan fingerprint density at radius 1 is 1.15 bits per heavy atom. The van der Waals surface area contributed by atoms with Gasteiger partial charge in [-0.25, -0.2) is 4.98 Å². The van der Waals surface area contributed by atoms with Gasteiger partial charge in [-0.15, -0.1) is 0 Å². The van der Waals surface area contributed by atoms with Gasteiger partial charge in [-0.2, -0.15) is 0 Å². The largest absolute Gasteiger partial charge is 0.367 e. The first-order chi connectivity index (χ1) is 13.0. The van der Waals surface area contributed by atoms with Crippen molar-refractivity contribution in [3.63, 3.8) is 0 Å². The smallest absolute Gasteiger partial charge is 0.240 e. The summed E-state index contributed by atoms with van der Waals surface area (Å²) in [7, 11) is 0. The number of hydrogen-bond donors (Lipinski definition) is 2. The third kappa shape index (κ3) is 3.30. The highest BCUT2D eigenvalue weighted by atomic mass is 35.5. The van der Waals surface area contributed by atoms with Gasteiger partial charge in [-0.1, -0.05) is 35.4 Å². The molecule has 1 saturated carbocycles. The molecule has 2 bridgehead atoms. The summed E-state index contributed by atoms with van der Waals surface area (Å²) in [6.07, 6.45) is 6.40. The van der Waals surface area contributed by atoms with Crippen LogP contribution in [0.4, 0.5) is 5.82 Å². The average Bonchev–Trinajstić information content (AvgIpc) is 3.30. The van der Waals surface area contributed by atoms with E-state index in [1.807, 2.05) is 12.2 Å². The number of carbonyl (C=O) groups is 3. The van der Waals surface area contributed by atoms with E-state index in [1.165, 1.54) is 6.20 Å². The summed E-state index contributed by atoms with van der Waals surface area (Å²) in [5.41, 5.74) is 0. The molecule has 2 aliphatic carbocycles. The number of likely N-dealkylation sites (tertiary alicyclic amines) is 1. The summed E-state index contributed by atoms with van der Waals surface area (Å²) in [5, 5.41) is 6.51. The van der Waals surface area contributed by atoms with Gasteiger partial charge < -0.3 is 10.6 Å². The van der Waals surface area contributed by atoms with Gasteiger partial charge in [0.1, 0.15) is 12.4 Å². The predicted molar refractivity (Wildman–Crippen MR) is 100 cm³/mol. The zero-order valence-electron chi connectivity index (χ0n) is 14.3. The molecule has 9 heteroatoms. The Balaban J connectivity index is 1.25. The van der Waals surface area contributed by atoms with Crippen LogP contribution in [0, 0.1) is 23.7 Å². The summed E-state index contributed by atoms with van der Waals surface area (Å²) >= 11 is 11.8. The number of hydrogen-bond acceptors (Lipinski definition) is 5. The van der Waals surface area contributed by atoms with Crippen LogP contribution in [0.3, 0.4) is 0 Å². The van der Waals surface area contributed by atoms with Crippen molar-refractivity contribution in [1.29, 1.82) is 0 Å². The summed E-state index contributed by atoms with van der Waals surface area (Å²) in [6.45, 7) is 0.459. The Morgan fingerprint density at radius 2 is 1.81 bits per heavy atom. The van der Waals surface area contributed by atoms with Gasteiger partial charge in [-0.3, -0.25) is 19.3 Å². The number of nitrogens with zero attached hydrogens (tertiary/aromatic N) is 2. The van der Waals surface area contributed by atoms with Gasteiger partial charge in [0.05, 0.1) is 21.9 Å². The molecule has 27 heavy (non-hydrogen) atoms. The summed E-state index contributed by atoms with van der Waals surface area (Å²) in [6, 6.07) is 1.57. The highest BCUT2D eigenvalue weighted by Gasteiger charge is 2.59. The highest BCUT2D eigenvalue weighted by Crippen LogP contribution is 2.52. The molecule has 4 atom stereocenters. The molecule has 0 radical (unpaired) electrons. The molecule has 142 valence electrons. The number of aromatic nitrogens is 1. The van der Waals surface area contributed by atoms with Crippen LogP contribution in [0.15, 0.2) is 24.4 Å². The second-order valence-electron chi connectivity index (χ2n) is 7.02. The van der Waals surface area contributed by atoms with Crippen molar-refractivity contribution in [1.82, 2.24) is 15.2 Å². The van der Waals surface area contributed by atoms with Crippen molar-refractivity contribution in [2.75, 3.05) is 25.0 Å². The van der Waals surface area contributed by atoms with Gasteiger partial charge in [-0.05, 0) is 24.3 Å². The summed E-state index contributed by atoms with van der Waals surface area (Å²) in [4.78, 5) is 42.4. The molecule has 0 aromatic carbocycles. The number of halogens is 2. The average molecular weight is 409 g/mol. The van der Waals surface area contributed by atoms with Crippen LogP contribution >= 0.6 is 23.2 Å². The Bertz CT molecular complexity index is 814. The lowest BCUT2D eigenvalue weighted by Gasteiger charge is -2.17. The van der Waals surface area contributed by atoms with Crippen LogP contribution in [0.2, 0.25) is 10.0 Å². The van der Waals surface area contributed by atoms with E-state index in [0.29, 0.717) is 29.0 Å². The second kappa shape index (κ2) is 7.13. The number of allylic oxidation sites excluding steroid dienone is 2. The molecular formula is C18H18Cl2N4O3. The summed E-state index contributed by atoms with van der Waals surface area (Å²) in [5.74, 6) is -0.597. The van der Waals surface area contributed by atoms with Crippen molar-refractivity contribution < 1.29 is 14.4 Å². The third-order valence-electron chi connectivity index (χ3n) is 5.41. The van der Waals surface area contributed by atoms with Gasteiger partial charge in [0, 0.05) is 19.3 Å². The van der Waals surface area contributed by atoms with E-state index in [0.717, 1.165) is 11.3 Å². The fraction of sp³-hybridized carbons (Fsp3) is 0.444. The molecule has 1 aromatic rings. The Hall–Kier alpha value is -2.12. The van der Waals surface area contributed by atoms with Crippen LogP contribution in [0.1, 0.15) is 6.42 Å². The minimum absolute atomic E-state index is 0.144. The first-order valence-electron chi connectivity index (χ1n) is 8.81. The van der Waals surface area contributed by atoms with Gasteiger partial charge >= 0.3 is 0 Å². The summed E-state index contributed by atoms with van der Waals surface area (Å²) < 4.78 is 0. The SMILES string of the molecule is O=C(CN1C(=O)[C@H]2[C@H](C1=O)[C@H]1C=C[C@H]2C1)NCCNc1ncc(Cl)cc1Cl. The number of anilines is 1. The van der Waals surface area contributed by atoms with E-state index in [-0.39, 0.29) is 47.9 Å². The van der Waals surface area contributed by atoms with Crippen LogP contribution in [0.5, 0.6) is 0 Å². The van der Waals surface area contributed by atoms with Crippen molar-refractivity contribution in [2.24, 2.45) is 23.7 Å². The lowest BCUT2D eigenvalue weighted by Crippen LogP contribution is -2.42. The number of nitrogens with one attached hydrogen (secondary N) is 2. The lowest BCUT2D eigenvalue weighted by atomic mass is 9.85. The first-order valence-corrected chi connectivity index (χ1v) is 9.56. The van der Waals surface area contributed by atoms with Gasteiger partial charge in [0.15, 0.2) is 0 Å². The molecule has 1 saturated heterocycles. The molecule has 1 aliphatic heterocycles. The van der Waals surface area contributed by atoms with E-state index in [9.17, 15) is 14.4 Å². The van der Waals surface area contributed by atoms with E-state index >= 15 is 0 Å². The molecule has 3 aliphatic rings. The standard InChI is InChI=1S/C18H18Cl2N4O3/c19-11-6-12(20)16(23-7-11)22-4-3-21-13(25)8-24-17(26)14-9-1-2-10(5-9)15(14)18(24)27/h1-2,6-7,9-10,14-15H,3-5,8H2,(H,21,25)(H,22,23)/t9-,10-,14+,15+/m0/s1. The van der Waals surface area contributed by atoms with E-state index in [2.05, 4.69) is 15.6 Å². The van der Waals surface area contributed by atoms with Gasteiger partial charge in [0.25, 0.3) is 0 Å². The maximum absolute atomic E-state index is 12.5. The second-order valence-corrected chi connectivity index (χ2v) is 7.87. The number of carbonyl (C=O) groups excluding carboxylic acids is 3. The number of amides is 3. The molecule has 7 nitrogen and oxygen atoms in total. The normalized spacial score (nSPS) is 28.0. The highest BCUT2D eigenvalue weighted by molar-refractivity contribution is 6.35. The zero-order valence-corrected chi connectivity index (χ0v) is 15.8. The molecule has 1 aromatic heterocycles. The molecular weight excluding hydrogens is 391 g/mol. The Labute approximate surface area is 166 Å². The Kier molecular flexibility index (Phi) is 4.82. The van der Waals surface area contributed by atoms with Crippen molar-refractivity contribution in [3.8, 4) is 0 Å². The molecule has 0 spiro atoms. The molecule has 0 unspecified atom stereocenters.